The molecule has 5 heteroatoms. The molecular weight excluding hydrogens is 264 g/mol. The van der Waals surface area contributed by atoms with E-state index in [0.29, 0.717) is 13.0 Å². The molecule has 0 aliphatic carbocycles. The molecule has 1 aliphatic rings. The van der Waals surface area contributed by atoms with E-state index in [9.17, 15) is 0 Å². The van der Waals surface area contributed by atoms with E-state index in [2.05, 4.69) is 5.43 Å². The third kappa shape index (κ3) is 2.47. The molecule has 2 heterocycles. The standard InChI is InChI=1S/C14H15ClN2O2/c15-11-6-9-3-5-19-14(9)10(7-11)8-12(17-16)13-2-1-4-18-13/h1-2,4,6-7,12,17H,3,5,8,16H2. The van der Waals surface area contributed by atoms with Crippen LogP contribution in [0.15, 0.2) is 34.9 Å². The van der Waals surface area contributed by atoms with Crippen LogP contribution in [0.1, 0.15) is 22.9 Å². The molecule has 19 heavy (non-hydrogen) atoms. The Balaban J connectivity index is 1.90. The topological polar surface area (TPSA) is 60.4 Å². The van der Waals surface area contributed by atoms with Crippen LogP contribution < -0.4 is 16.0 Å². The van der Waals surface area contributed by atoms with Crippen molar-refractivity contribution in [2.24, 2.45) is 5.84 Å². The molecule has 0 fully saturated rings. The van der Waals surface area contributed by atoms with E-state index >= 15 is 0 Å². The van der Waals surface area contributed by atoms with Crippen molar-refractivity contribution in [3.8, 4) is 5.75 Å². The summed E-state index contributed by atoms with van der Waals surface area (Å²) in [5.41, 5.74) is 4.99. The van der Waals surface area contributed by atoms with E-state index in [1.165, 1.54) is 0 Å². The molecule has 3 rings (SSSR count). The van der Waals surface area contributed by atoms with E-state index in [4.69, 9.17) is 26.6 Å². The van der Waals surface area contributed by atoms with Gasteiger partial charge in [-0.3, -0.25) is 5.84 Å². The van der Waals surface area contributed by atoms with Crippen molar-refractivity contribution >= 4 is 11.6 Å². The van der Waals surface area contributed by atoms with Gasteiger partial charge in [-0.1, -0.05) is 11.6 Å². The van der Waals surface area contributed by atoms with Gasteiger partial charge in [-0.05, 0) is 41.8 Å². The zero-order valence-electron chi connectivity index (χ0n) is 10.4. The molecule has 1 aromatic heterocycles. The lowest BCUT2D eigenvalue weighted by molar-refractivity contribution is 0.349. The van der Waals surface area contributed by atoms with E-state index in [1.54, 1.807) is 6.26 Å². The first-order valence-corrected chi connectivity index (χ1v) is 6.59. The third-order valence-electron chi connectivity index (χ3n) is 3.34. The quantitative estimate of drug-likeness (QED) is 0.667. The van der Waals surface area contributed by atoms with Gasteiger partial charge in [-0.25, -0.2) is 5.43 Å². The van der Waals surface area contributed by atoms with Gasteiger partial charge in [0.15, 0.2) is 0 Å². The van der Waals surface area contributed by atoms with Crippen molar-refractivity contribution in [1.29, 1.82) is 0 Å². The Morgan fingerprint density at radius 2 is 2.32 bits per heavy atom. The summed E-state index contributed by atoms with van der Waals surface area (Å²) < 4.78 is 11.1. The summed E-state index contributed by atoms with van der Waals surface area (Å²) in [4.78, 5) is 0. The molecule has 2 aromatic rings. The van der Waals surface area contributed by atoms with Crippen LogP contribution in [-0.4, -0.2) is 6.61 Å². The second-order valence-electron chi connectivity index (χ2n) is 4.59. The van der Waals surface area contributed by atoms with E-state index < -0.39 is 0 Å². The molecule has 1 unspecified atom stereocenters. The normalized spacial score (nSPS) is 15.1. The zero-order chi connectivity index (χ0) is 13.2. The fourth-order valence-corrected chi connectivity index (χ4v) is 2.71. The summed E-state index contributed by atoms with van der Waals surface area (Å²) in [5, 5.41) is 0.731. The average Bonchev–Trinajstić information content (AvgIpc) is 3.05. The van der Waals surface area contributed by atoms with Gasteiger partial charge in [0.1, 0.15) is 11.5 Å². The SMILES string of the molecule is NNC(Cc1cc(Cl)cc2c1OCC2)c1ccco1. The maximum absolute atomic E-state index is 6.15. The molecular formula is C14H15ClN2O2. The van der Waals surface area contributed by atoms with Crippen LogP contribution in [0.3, 0.4) is 0 Å². The fourth-order valence-electron chi connectivity index (χ4n) is 2.45. The lowest BCUT2D eigenvalue weighted by Gasteiger charge is -2.16. The summed E-state index contributed by atoms with van der Waals surface area (Å²) in [6.07, 6.45) is 3.22. The number of hydrazine groups is 1. The van der Waals surface area contributed by atoms with Crippen LogP contribution in [0.25, 0.3) is 0 Å². The Morgan fingerprint density at radius 1 is 1.42 bits per heavy atom. The van der Waals surface area contributed by atoms with Gasteiger partial charge < -0.3 is 9.15 Å². The van der Waals surface area contributed by atoms with Crippen molar-refractivity contribution in [2.75, 3.05) is 6.61 Å². The monoisotopic (exact) mass is 278 g/mol. The molecule has 4 nitrogen and oxygen atoms in total. The molecule has 0 amide bonds. The summed E-state index contributed by atoms with van der Waals surface area (Å²) in [5.74, 6) is 7.35. The summed E-state index contributed by atoms with van der Waals surface area (Å²) in [6.45, 7) is 0.712. The van der Waals surface area contributed by atoms with Crippen LogP contribution in [0, 0.1) is 0 Å². The van der Waals surface area contributed by atoms with Crippen molar-refractivity contribution in [3.05, 3.63) is 52.4 Å². The molecule has 3 N–H and O–H groups in total. The highest BCUT2D eigenvalue weighted by Crippen LogP contribution is 2.35. The number of benzene rings is 1. The summed E-state index contributed by atoms with van der Waals surface area (Å²) in [7, 11) is 0. The first kappa shape index (κ1) is 12.5. The lowest BCUT2D eigenvalue weighted by atomic mass is 10.0. The molecule has 0 saturated heterocycles. The van der Waals surface area contributed by atoms with Crippen LogP contribution in [0.5, 0.6) is 5.75 Å². The van der Waals surface area contributed by atoms with Crippen LogP contribution >= 0.6 is 11.6 Å². The lowest BCUT2D eigenvalue weighted by Crippen LogP contribution is -2.29. The predicted octanol–water partition coefficient (Wildman–Crippen LogP) is 2.62. The number of hydrogen-bond acceptors (Lipinski definition) is 4. The second-order valence-corrected chi connectivity index (χ2v) is 5.03. The van der Waals surface area contributed by atoms with E-state index in [-0.39, 0.29) is 6.04 Å². The number of hydrogen-bond donors (Lipinski definition) is 2. The Kier molecular flexibility index (Phi) is 3.46. The van der Waals surface area contributed by atoms with Crippen molar-refractivity contribution in [1.82, 2.24) is 5.43 Å². The largest absolute Gasteiger partial charge is 0.493 e. The number of nitrogens with one attached hydrogen (secondary N) is 1. The molecule has 1 atom stereocenters. The molecule has 0 bridgehead atoms. The highest BCUT2D eigenvalue weighted by atomic mass is 35.5. The first-order chi connectivity index (χ1) is 9.28. The highest BCUT2D eigenvalue weighted by molar-refractivity contribution is 6.30. The van der Waals surface area contributed by atoms with Crippen LogP contribution in [0.4, 0.5) is 0 Å². The van der Waals surface area contributed by atoms with E-state index in [0.717, 1.165) is 34.1 Å². The molecule has 0 saturated carbocycles. The number of rotatable bonds is 4. The van der Waals surface area contributed by atoms with E-state index in [1.807, 2.05) is 24.3 Å². The summed E-state index contributed by atoms with van der Waals surface area (Å²) >= 11 is 6.15. The zero-order valence-corrected chi connectivity index (χ0v) is 11.1. The number of ether oxygens (including phenoxy) is 1. The van der Waals surface area contributed by atoms with Crippen molar-refractivity contribution < 1.29 is 9.15 Å². The maximum atomic E-state index is 6.15. The highest BCUT2D eigenvalue weighted by Gasteiger charge is 2.21. The Labute approximate surface area is 116 Å². The number of halogens is 1. The predicted molar refractivity (Wildman–Crippen MR) is 73.1 cm³/mol. The molecule has 1 aromatic carbocycles. The van der Waals surface area contributed by atoms with Gasteiger partial charge in [-0.15, -0.1) is 0 Å². The maximum Gasteiger partial charge on any atom is 0.125 e. The van der Waals surface area contributed by atoms with Gasteiger partial charge >= 0.3 is 0 Å². The number of fused-ring (bicyclic) bond motifs is 1. The van der Waals surface area contributed by atoms with Gasteiger partial charge in [0.2, 0.25) is 0 Å². The fraction of sp³-hybridized carbons (Fsp3) is 0.286. The van der Waals surface area contributed by atoms with Gasteiger partial charge in [0.25, 0.3) is 0 Å². The van der Waals surface area contributed by atoms with Crippen LogP contribution in [-0.2, 0) is 12.8 Å². The first-order valence-electron chi connectivity index (χ1n) is 6.21. The molecule has 1 aliphatic heterocycles. The smallest absolute Gasteiger partial charge is 0.125 e. The minimum atomic E-state index is -0.0956. The number of nitrogens with two attached hydrogens (primary N) is 1. The molecule has 0 spiro atoms. The average molecular weight is 279 g/mol. The minimum absolute atomic E-state index is 0.0956. The Morgan fingerprint density at radius 3 is 3.05 bits per heavy atom. The minimum Gasteiger partial charge on any atom is -0.493 e. The van der Waals surface area contributed by atoms with Crippen molar-refractivity contribution in [3.63, 3.8) is 0 Å². The summed E-state index contributed by atoms with van der Waals surface area (Å²) in [6, 6.07) is 7.54. The molecule has 100 valence electrons. The second kappa shape index (κ2) is 5.25. The van der Waals surface area contributed by atoms with Gasteiger partial charge in [0, 0.05) is 11.4 Å². The van der Waals surface area contributed by atoms with Gasteiger partial charge in [0.05, 0.1) is 18.9 Å². The van der Waals surface area contributed by atoms with Crippen molar-refractivity contribution in [2.45, 2.75) is 18.9 Å². The van der Waals surface area contributed by atoms with Gasteiger partial charge in [-0.2, -0.15) is 0 Å². The number of furan rings is 1. The third-order valence-corrected chi connectivity index (χ3v) is 3.56. The Bertz CT molecular complexity index is 569. The van der Waals surface area contributed by atoms with Crippen LogP contribution in [0.2, 0.25) is 5.02 Å². The Hall–Kier alpha value is -1.49. The molecule has 0 radical (unpaired) electrons.